The van der Waals surface area contributed by atoms with E-state index >= 15 is 0 Å². The number of rotatable bonds is 0. The lowest BCUT2D eigenvalue weighted by atomic mass is 9.54. The predicted octanol–water partition coefficient (Wildman–Crippen LogP) is 5.63. The van der Waals surface area contributed by atoms with Crippen LogP contribution >= 0.6 is 22.1 Å². The van der Waals surface area contributed by atoms with Gasteiger partial charge in [0.2, 0.25) is 0 Å². The number of fused-ring (bicyclic) bond motifs is 4. The fourth-order valence-electron chi connectivity index (χ4n) is 6.62. The Morgan fingerprint density at radius 1 is 0.500 bits per heavy atom. The van der Waals surface area contributed by atoms with Crippen molar-refractivity contribution in [1.82, 2.24) is 0 Å². The Balaban J connectivity index is 1.29. The van der Waals surface area contributed by atoms with Gasteiger partial charge < -0.3 is 0 Å². The molecule has 5 fully saturated rings. The molecule has 22 heavy (non-hydrogen) atoms. The van der Waals surface area contributed by atoms with Gasteiger partial charge >= 0.3 is 0 Å². The molecule has 0 aromatic rings. The molecule has 1 aliphatic heterocycles. The third kappa shape index (κ3) is 2.66. The van der Waals surface area contributed by atoms with Crippen LogP contribution in [0, 0.1) is 35.5 Å². The molecule has 2 nitrogen and oxygen atoms in total. The maximum absolute atomic E-state index is 5.91. The van der Waals surface area contributed by atoms with Gasteiger partial charge in [-0.05, 0) is 74.0 Å². The van der Waals surface area contributed by atoms with Crippen LogP contribution in [0.5, 0.6) is 0 Å². The molecule has 1 heterocycles. The third-order valence-corrected chi connectivity index (χ3v) is 9.01. The highest BCUT2D eigenvalue weighted by Gasteiger charge is 2.48. The molecule has 4 heteroatoms. The van der Waals surface area contributed by atoms with E-state index < -0.39 is 0 Å². The first-order valence-corrected chi connectivity index (χ1v) is 11.5. The third-order valence-electron chi connectivity index (χ3n) is 7.66. The van der Waals surface area contributed by atoms with Crippen LogP contribution in [0.2, 0.25) is 0 Å². The van der Waals surface area contributed by atoms with E-state index in [0.717, 1.165) is 35.5 Å². The standard InChI is InChI=1S/C18H28O2S2/c1-2-4-12-6-14-8-16-10-18-17(19-21-22-20-18)9-15(16)7-13(14)5-11(12)3-1/h11-18H,1-10H2. The predicted molar refractivity (Wildman–Crippen MR) is 92.0 cm³/mol. The van der Waals surface area contributed by atoms with Crippen LogP contribution in [-0.2, 0) is 8.37 Å². The lowest BCUT2D eigenvalue weighted by Gasteiger charge is -2.53. The Bertz CT molecular complexity index is 344. The maximum atomic E-state index is 5.91. The summed E-state index contributed by atoms with van der Waals surface area (Å²) in [4.78, 5) is 0. The molecule has 1 saturated heterocycles. The van der Waals surface area contributed by atoms with Crippen LogP contribution < -0.4 is 0 Å². The van der Waals surface area contributed by atoms with E-state index in [-0.39, 0.29) is 0 Å². The molecule has 0 spiro atoms. The normalized spacial score (nSPS) is 54.5. The van der Waals surface area contributed by atoms with E-state index in [1.807, 2.05) is 0 Å². The molecular formula is C18H28O2S2. The van der Waals surface area contributed by atoms with Gasteiger partial charge in [-0.3, -0.25) is 8.37 Å². The van der Waals surface area contributed by atoms with Crippen molar-refractivity contribution in [2.45, 2.75) is 76.4 Å². The van der Waals surface area contributed by atoms with E-state index in [2.05, 4.69) is 0 Å². The van der Waals surface area contributed by atoms with Gasteiger partial charge in [0.05, 0.1) is 22.1 Å². The molecule has 0 radical (unpaired) electrons. The Labute approximate surface area is 142 Å². The van der Waals surface area contributed by atoms with Crippen LogP contribution in [0.3, 0.4) is 0 Å². The van der Waals surface area contributed by atoms with Crippen LogP contribution in [0.1, 0.15) is 64.2 Å². The molecule has 4 saturated carbocycles. The summed E-state index contributed by atoms with van der Waals surface area (Å²) in [6, 6.07) is 0. The average molecular weight is 341 g/mol. The first-order valence-electron chi connectivity index (χ1n) is 9.52. The summed E-state index contributed by atoms with van der Waals surface area (Å²) in [5, 5.41) is 0. The summed E-state index contributed by atoms with van der Waals surface area (Å²) in [5.74, 6) is 6.12. The van der Waals surface area contributed by atoms with Gasteiger partial charge in [-0.1, -0.05) is 25.7 Å². The topological polar surface area (TPSA) is 18.5 Å². The van der Waals surface area contributed by atoms with E-state index in [1.54, 1.807) is 12.8 Å². The van der Waals surface area contributed by atoms with E-state index in [1.165, 1.54) is 73.5 Å². The van der Waals surface area contributed by atoms with Crippen LogP contribution in [0.15, 0.2) is 0 Å². The fourth-order valence-corrected chi connectivity index (χ4v) is 8.09. The quantitative estimate of drug-likeness (QED) is 0.420. The summed E-state index contributed by atoms with van der Waals surface area (Å²) in [7, 11) is 0. The maximum Gasteiger partial charge on any atom is 0.101 e. The van der Waals surface area contributed by atoms with Crippen molar-refractivity contribution in [2.75, 3.05) is 0 Å². The molecule has 0 bridgehead atoms. The zero-order valence-electron chi connectivity index (χ0n) is 13.3. The Hall–Kier alpha value is 0.620. The van der Waals surface area contributed by atoms with Gasteiger partial charge in [0.1, 0.15) is 12.2 Å². The molecule has 124 valence electrons. The average Bonchev–Trinajstić information content (AvgIpc) is 2.56. The largest absolute Gasteiger partial charge is 0.297 e. The highest BCUT2D eigenvalue weighted by Crippen LogP contribution is 2.56. The second-order valence-corrected chi connectivity index (χ2v) is 10.1. The van der Waals surface area contributed by atoms with Gasteiger partial charge in [-0.15, -0.1) is 0 Å². The molecule has 5 rings (SSSR count). The van der Waals surface area contributed by atoms with Crippen molar-refractivity contribution in [3.8, 4) is 0 Å². The van der Waals surface area contributed by atoms with Gasteiger partial charge in [0.15, 0.2) is 0 Å². The molecular weight excluding hydrogens is 312 g/mol. The molecule has 5 aliphatic rings. The van der Waals surface area contributed by atoms with E-state index in [0.29, 0.717) is 12.2 Å². The monoisotopic (exact) mass is 340 g/mol. The summed E-state index contributed by atoms with van der Waals surface area (Å²) in [6.45, 7) is 0. The van der Waals surface area contributed by atoms with Gasteiger partial charge in [0.25, 0.3) is 0 Å². The summed E-state index contributed by atoms with van der Waals surface area (Å²) >= 11 is 2.90. The number of hydrogen-bond acceptors (Lipinski definition) is 4. The van der Waals surface area contributed by atoms with Crippen LogP contribution in [0.25, 0.3) is 0 Å². The number of hydrogen-bond donors (Lipinski definition) is 0. The van der Waals surface area contributed by atoms with E-state index in [9.17, 15) is 0 Å². The summed E-state index contributed by atoms with van der Waals surface area (Å²) in [6.07, 6.45) is 15.5. The molecule has 0 N–H and O–H groups in total. The van der Waals surface area contributed by atoms with E-state index in [4.69, 9.17) is 8.37 Å². The molecule has 8 atom stereocenters. The minimum atomic E-state index is 0.370. The smallest absolute Gasteiger partial charge is 0.101 e. The fraction of sp³-hybridized carbons (Fsp3) is 1.00. The summed E-state index contributed by atoms with van der Waals surface area (Å²) in [5.41, 5.74) is 0. The van der Waals surface area contributed by atoms with Crippen LogP contribution in [-0.4, -0.2) is 12.2 Å². The summed E-state index contributed by atoms with van der Waals surface area (Å²) < 4.78 is 11.8. The minimum Gasteiger partial charge on any atom is -0.297 e. The zero-order valence-corrected chi connectivity index (χ0v) is 15.0. The highest BCUT2D eigenvalue weighted by atomic mass is 33.1. The van der Waals surface area contributed by atoms with Crippen molar-refractivity contribution < 1.29 is 8.37 Å². The lowest BCUT2D eigenvalue weighted by Crippen LogP contribution is -2.47. The minimum absolute atomic E-state index is 0.370. The van der Waals surface area contributed by atoms with Gasteiger partial charge in [-0.2, -0.15) is 0 Å². The molecule has 0 amide bonds. The first-order chi connectivity index (χ1) is 10.9. The second-order valence-electron chi connectivity index (χ2n) is 8.66. The first kappa shape index (κ1) is 14.9. The Morgan fingerprint density at radius 2 is 0.909 bits per heavy atom. The molecule has 8 unspecified atom stereocenters. The lowest BCUT2D eigenvalue weighted by molar-refractivity contribution is -0.0603. The van der Waals surface area contributed by atoms with Crippen molar-refractivity contribution >= 4 is 22.1 Å². The Morgan fingerprint density at radius 3 is 1.41 bits per heavy atom. The van der Waals surface area contributed by atoms with Crippen LogP contribution in [0.4, 0.5) is 0 Å². The van der Waals surface area contributed by atoms with Crippen molar-refractivity contribution in [2.24, 2.45) is 35.5 Å². The van der Waals surface area contributed by atoms with Crippen molar-refractivity contribution in [1.29, 1.82) is 0 Å². The van der Waals surface area contributed by atoms with Gasteiger partial charge in [-0.25, -0.2) is 0 Å². The molecule has 4 aliphatic carbocycles. The van der Waals surface area contributed by atoms with Crippen molar-refractivity contribution in [3.05, 3.63) is 0 Å². The van der Waals surface area contributed by atoms with Crippen molar-refractivity contribution in [3.63, 3.8) is 0 Å². The Kier molecular flexibility index (Phi) is 4.18. The SMILES string of the molecule is C1CCC2CC3CC4CC5OSSOC5CC4CC3CC2C1. The molecule has 0 aromatic heterocycles. The molecule has 0 aromatic carbocycles. The second kappa shape index (κ2) is 6.16. The highest BCUT2D eigenvalue weighted by molar-refractivity contribution is 8.73. The van der Waals surface area contributed by atoms with Gasteiger partial charge in [0, 0.05) is 0 Å². The zero-order chi connectivity index (χ0) is 14.5.